The molecule has 23 heavy (non-hydrogen) atoms. The molecule has 7 heteroatoms. The molecule has 1 heterocycles. The lowest BCUT2D eigenvalue weighted by Gasteiger charge is -2.07. The number of benzene rings is 1. The van der Waals surface area contributed by atoms with Crippen LogP contribution < -0.4 is 5.32 Å². The summed E-state index contributed by atoms with van der Waals surface area (Å²) in [5.74, 6) is 1.70. The average molecular weight is 353 g/mol. The Morgan fingerprint density at radius 1 is 1.30 bits per heavy atom. The van der Waals surface area contributed by atoms with Crippen molar-refractivity contribution in [3.63, 3.8) is 0 Å². The summed E-state index contributed by atoms with van der Waals surface area (Å²) in [6, 6.07) is 7.44. The van der Waals surface area contributed by atoms with Crippen molar-refractivity contribution in [3.05, 3.63) is 29.3 Å². The topological polar surface area (TPSA) is 59.8 Å². The first kappa shape index (κ1) is 17.8. The zero-order valence-corrected chi connectivity index (χ0v) is 15.1. The number of hydrogen-bond donors (Lipinski definition) is 1. The second-order valence-electron chi connectivity index (χ2n) is 5.69. The molecule has 0 saturated heterocycles. The molecule has 1 N–H and O–H groups in total. The van der Waals surface area contributed by atoms with Crippen molar-refractivity contribution in [2.75, 3.05) is 12.3 Å². The summed E-state index contributed by atoms with van der Waals surface area (Å²) >= 11 is 7.28. The maximum absolute atomic E-state index is 11.8. The Morgan fingerprint density at radius 3 is 2.65 bits per heavy atom. The number of nitrogens with one attached hydrogen (secondary N) is 1. The number of carbonyl (C=O) groups is 1. The van der Waals surface area contributed by atoms with E-state index >= 15 is 0 Å². The van der Waals surface area contributed by atoms with E-state index in [1.165, 1.54) is 11.8 Å². The van der Waals surface area contributed by atoms with Gasteiger partial charge in [0.15, 0.2) is 11.0 Å². The summed E-state index contributed by atoms with van der Waals surface area (Å²) in [6.45, 7) is 4.99. The molecule has 0 unspecified atom stereocenters. The van der Waals surface area contributed by atoms with Gasteiger partial charge in [0.25, 0.3) is 0 Å². The van der Waals surface area contributed by atoms with E-state index in [0.29, 0.717) is 28.4 Å². The SMILES string of the molecule is CC(C)CCNC(=O)CSc1nnc(-c2ccc(Cl)cc2)n1C. The lowest BCUT2D eigenvalue weighted by Crippen LogP contribution is -2.27. The number of halogens is 1. The molecule has 2 rings (SSSR count). The minimum Gasteiger partial charge on any atom is -0.355 e. The summed E-state index contributed by atoms with van der Waals surface area (Å²) in [4.78, 5) is 11.8. The Hall–Kier alpha value is -1.53. The lowest BCUT2D eigenvalue weighted by molar-refractivity contribution is -0.118. The number of thioether (sulfide) groups is 1. The first-order valence-electron chi connectivity index (χ1n) is 7.52. The first-order valence-corrected chi connectivity index (χ1v) is 8.88. The third kappa shape index (κ3) is 5.25. The first-order chi connectivity index (χ1) is 11.0. The number of hydrogen-bond acceptors (Lipinski definition) is 4. The van der Waals surface area contributed by atoms with Crippen LogP contribution in [0.2, 0.25) is 5.02 Å². The van der Waals surface area contributed by atoms with E-state index in [9.17, 15) is 4.79 Å². The molecule has 0 radical (unpaired) electrons. The molecule has 1 aromatic heterocycles. The number of carbonyl (C=O) groups excluding carboxylic acids is 1. The molecule has 0 aliphatic heterocycles. The summed E-state index contributed by atoms with van der Waals surface area (Å²) in [7, 11) is 1.89. The molecule has 0 atom stereocenters. The van der Waals surface area contributed by atoms with Gasteiger partial charge in [-0.2, -0.15) is 0 Å². The maximum Gasteiger partial charge on any atom is 0.230 e. The van der Waals surface area contributed by atoms with Crippen LogP contribution in [0.3, 0.4) is 0 Å². The van der Waals surface area contributed by atoms with Crippen LogP contribution in [0, 0.1) is 5.92 Å². The van der Waals surface area contributed by atoms with Crippen molar-refractivity contribution in [3.8, 4) is 11.4 Å². The number of aromatic nitrogens is 3. The van der Waals surface area contributed by atoms with E-state index < -0.39 is 0 Å². The van der Waals surface area contributed by atoms with Crippen molar-refractivity contribution in [1.82, 2.24) is 20.1 Å². The standard InChI is InChI=1S/C16H21ClN4OS/c1-11(2)8-9-18-14(22)10-23-16-20-19-15(21(16)3)12-4-6-13(17)7-5-12/h4-7,11H,8-10H2,1-3H3,(H,18,22). The predicted octanol–water partition coefficient (Wildman–Crippen LogP) is 3.39. The van der Waals surface area contributed by atoms with E-state index in [4.69, 9.17) is 11.6 Å². The molecule has 5 nitrogen and oxygen atoms in total. The third-order valence-electron chi connectivity index (χ3n) is 3.31. The Kier molecular flexibility index (Phi) is 6.47. The Balaban J connectivity index is 1.92. The van der Waals surface area contributed by atoms with Crippen LogP contribution in [0.1, 0.15) is 20.3 Å². The molecule has 2 aromatic rings. The van der Waals surface area contributed by atoms with Gasteiger partial charge >= 0.3 is 0 Å². The highest BCUT2D eigenvalue weighted by Crippen LogP contribution is 2.23. The molecule has 1 aromatic carbocycles. The van der Waals surface area contributed by atoms with Gasteiger partial charge in [-0.25, -0.2) is 0 Å². The summed E-state index contributed by atoms with van der Waals surface area (Å²) < 4.78 is 1.88. The van der Waals surface area contributed by atoms with Gasteiger partial charge in [0.1, 0.15) is 0 Å². The summed E-state index contributed by atoms with van der Waals surface area (Å²) in [5.41, 5.74) is 0.942. The van der Waals surface area contributed by atoms with Crippen molar-refractivity contribution in [1.29, 1.82) is 0 Å². The highest BCUT2D eigenvalue weighted by molar-refractivity contribution is 7.99. The van der Waals surface area contributed by atoms with Crippen molar-refractivity contribution >= 4 is 29.3 Å². The Bertz CT molecular complexity index is 655. The third-order valence-corrected chi connectivity index (χ3v) is 4.59. The fourth-order valence-electron chi connectivity index (χ4n) is 1.97. The summed E-state index contributed by atoms with van der Waals surface area (Å²) in [5, 5.41) is 12.7. The zero-order valence-electron chi connectivity index (χ0n) is 13.5. The Labute approximate surface area is 145 Å². The highest BCUT2D eigenvalue weighted by atomic mass is 35.5. The fraction of sp³-hybridized carbons (Fsp3) is 0.438. The monoisotopic (exact) mass is 352 g/mol. The summed E-state index contributed by atoms with van der Waals surface area (Å²) in [6.07, 6.45) is 0.987. The smallest absolute Gasteiger partial charge is 0.230 e. The van der Waals surface area contributed by atoms with Gasteiger partial charge in [0, 0.05) is 24.2 Å². The second-order valence-corrected chi connectivity index (χ2v) is 7.07. The van der Waals surface area contributed by atoms with Crippen LogP contribution in [0.5, 0.6) is 0 Å². The van der Waals surface area contributed by atoms with Crippen molar-refractivity contribution in [2.24, 2.45) is 13.0 Å². The largest absolute Gasteiger partial charge is 0.355 e. The van der Waals surface area contributed by atoms with Gasteiger partial charge in [-0.15, -0.1) is 10.2 Å². The van der Waals surface area contributed by atoms with Gasteiger partial charge < -0.3 is 9.88 Å². The van der Waals surface area contributed by atoms with Crippen LogP contribution >= 0.6 is 23.4 Å². The lowest BCUT2D eigenvalue weighted by atomic mass is 10.1. The van der Waals surface area contributed by atoms with Crippen LogP contribution in [0.25, 0.3) is 11.4 Å². The second kappa shape index (κ2) is 8.36. The number of nitrogens with zero attached hydrogens (tertiary/aromatic N) is 3. The van der Waals surface area contributed by atoms with Crippen LogP contribution in [0.15, 0.2) is 29.4 Å². The molecule has 0 aliphatic rings. The molecular weight excluding hydrogens is 332 g/mol. The van der Waals surface area contributed by atoms with Crippen LogP contribution in [-0.4, -0.2) is 33.0 Å². The number of rotatable bonds is 7. The van der Waals surface area contributed by atoms with E-state index in [1.807, 2.05) is 35.9 Å². The molecule has 0 aliphatic carbocycles. The molecule has 0 fully saturated rings. The van der Waals surface area contributed by atoms with Gasteiger partial charge in [-0.1, -0.05) is 37.2 Å². The van der Waals surface area contributed by atoms with Crippen molar-refractivity contribution in [2.45, 2.75) is 25.4 Å². The minimum atomic E-state index is 0.0201. The van der Waals surface area contributed by atoms with E-state index in [-0.39, 0.29) is 5.91 Å². The van der Waals surface area contributed by atoms with Gasteiger partial charge in [-0.05, 0) is 36.6 Å². The van der Waals surface area contributed by atoms with Crippen LogP contribution in [-0.2, 0) is 11.8 Å². The fourth-order valence-corrected chi connectivity index (χ4v) is 2.84. The Morgan fingerprint density at radius 2 is 2.00 bits per heavy atom. The normalized spacial score (nSPS) is 11.0. The van der Waals surface area contributed by atoms with Gasteiger partial charge in [0.05, 0.1) is 5.75 Å². The average Bonchev–Trinajstić information content (AvgIpc) is 2.87. The van der Waals surface area contributed by atoms with Gasteiger partial charge in [-0.3, -0.25) is 4.79 Å². The van der Waals surface area contributed by atoms with E-state index in [1.54, 1.807) is 0 Å². The highest BCUT2D eigenvalue weighted by Gasteiger charge is 2.12. The van der Waals surface area contributed by atoms with Gasteiger partial charge in [0.2, 0.25) is 5.91 Å². The molecule has 0 bridgehead atoms. The van der Waals surface area contributed by atoms with E-state index in [0.717, 1.165) is 17.8 Å². The van der Waals surface area contributed by atoms with Crippen molar-refractivity contribution < 1.29 is 4.79 Å². The molecule has 0 spiro atoms. The quantitative estimate of drug-likeness (QED) is 0.776. The molecule has 1 amide bonds. The molecular formula is C16H21ClN4OS. The minimum absolute atomic E-state index is 0.0201. The van der Waals surface area contributed by atoms with E-state index in [2.05, 4.69) is 29.4 Å². The number of amides is 1. The molecule has 124 valence electrons. The predicted molar refractivity (Wildman–Crippen MR) is 94.6 cm³/mol. The maximum atomic E-state index is 11.8. The zero-order chi connectivity index (χ0) is 16.8. The molecule has 0 saturated carbocycles. The van der Waals surface area contributed by atoms with Crippen LogP contribution in [0.4, 0.5) is 0 Å².